The number of esters is 1. The number of hydrogen-bond donors (Lipinski definition) is 3. The number of aliphatic hydroxyl groups excluding tert-OH is 1. The van der Waals surface area contributed by atoms with Gasteiger partial charge in [0.2, 0.25) is 5.79 Å². The zero-order valence-corrected chi connectivity index (χ0v) is 24.5. The van der Waals surface area contributed by atoms with Crippen molar-refractivity contribution in [2.24, 2.45) is 23.7 Å². The molecule has 39 heavy (non-hydrogen) atoms. The van der Waals surface area contributed by atoms with E-state index in [1.165, 1.54) is 4.90 Å². The molecule has 2 fully saturated rings. The molecule has 220 valence electrons. The summed E-state index contributed by atoms with van der Waals surface area (Å²) in [5.41, 5.74) is 0.968. The molecule has 0 aromatic heterocycles. The van der Waals surface area contributed by atoms with Gasteiger partial charge in [-0.2, -0.15) is 0 Å². The van der Waals surface area contributed by atoms with Crippen LogP contribution in [0.25, 0.3) is 0 Å². The third-order valence-corrected chi connectivity index (χ3v) is 8.66. The highest BCUT2D eigenvalue weighted by Crippen LogP contribution is 2.38. The first-order chi connectivity index (χ1) is 18.4. The Morgan fingerprint density at radius 1 is 1.15 bits per heavy atom. The van der Waals surface area contributed by atoms with Crippen LogP contribution in [0, 0.1) is 23.7 Å². The minimum absolute atomic E-state index is 0.0271. The van der Waals surface area contributed by atoms with Crippen molar-refractivity contribution >= 4 is 11.9 Å². The van der Waals surface area contributed by atoms with Gasteiger partial charge in [0.25, 0.3) is 5.91 Å². The summed E-state index contributed by atoms with van der Waals surface area (Å²) < 4.78 is 12.1. The van der Waals surface area contributed by atoms with Crippen LogP contribution in [0.1, 0.15) is 85.6 Å². The van der Waals surface area contributed by atoms with Crippen molar-refractivity contribution in [3.63, 3.8) is 0 Å². The minimum atomic E-state index is -2.01. The highest BCUT2D eigenvalue weighted by molar-refractivity contribution is 5.88. The molecule has 0 spiro atoms. The Morgan fingerprint density at radius 2 is 1.87 bits per heavy atom. The smallest absolute Gasteiger partial charge is 0.329 e. The molecule has 2 aliphatic rings. The number of likely N-dealkylation sites (tertiary alicyclic amines) is 1. The van der Waals surface area contributed by atoms with Gasteiger partial charge in [-0.25, -0.2) is 4.79 Å². The van der Waals surface area contributed by atoms with Gasteiger partial charge in [0.05, 0.1) is 6.10 Å². The largest absolute Gasteiger partial charge is 0.508 e. The average molecular weight is 548 g/mol. The molecule has 3 N–H and O–H groups in total. The molecule has 0 bridgehead atoms. The molecule has 0 aliphatic carbocycles. The maximum absolute atomic E-state index is 13.6. The van der Waals surface area contributed by atoms with Crippen molar-refractivity contribution in [3.05, 3.63) is 29.8 Å². The summed E-state index contributed by atoms with van der Waals surface area (Å²) in [5, 5.41) is 32.4. The van der Waals surface area contributed by atoms with E-state index in [1.807, 2.05) is 33.8 Å². The molecule has 1 aromatic carbocycles. The molecule has 8 nitrogen and oxygen atoms in total. The normalized spacial score (nSPS) is 28.3. The quantitative estimate of drug-likeness (QED) is 0.371. The number of aromatic hydroxyl groups is 1. The lowest BCUT2D eigenvalue weighted by Gasteiger charge is -2.46. The van der Waals surface area contributed by atoms with Crippen molar-refractivity contribution in [3.8, 4) is 5.75 Å². The SMILES string of the molecule is CCC(Cc1cccc(O)c1)C(OC(=O)C1CCCCN1C(=O)C(O)C1(O)OC(C(C)C)CCC1C)C(C)C. The van der Waals surface area contributed by atoms with Gasteiger partial charge in [0.1, 0.15) is 17.9 Å². The molecule has 8 heteroatoms. The second-order valence-corrected chi connectivity index (χ2v) is 12.3. The lowest BCUT2D eigenvalue weighted by Crippen LogP contribution is -2.63. The van der Waals surface area contributed by atoms with E-state index in [0.717, 1.165) is 24.8 Å². The van der Waals surface area contributed by atoms with Crippen LogP contribution in [0.15, 0.2) is 24.3 Å². The summed E-state index contributed by atoms with van der Waals surface area (Å²) >= 11 is 0. The Morgan fingerprint density at radius 3 is 2.49 bits per heavy atom. The second kappa shape index (κ2) is 13.5. The molecule has 2 saturated heterocycles. The maximum atomic E-state index is 13.6. The summed E-state index contributed by atoms with van der Waals surface area (Å²) in [7, 11) is 0. The number of benzene rings is 1. The first kappa shape index (κ1) is 31.4. The fourth-order valence-electron chi connectivity index (χ4n) is 6.08. The number of carbonyl (C=O) groups is 2. The number of aliphatic hydroxyl groups is 2. The van der Waals surface area contributed by atoms with Crippen LogP contribution >= 0.6 is 0 Å². The summed E-state index contributed by atoms with van der Waals surface area (Å²) in [4.78, 5) is 28.6. The first-order valence-corrected chi connectivity index (χ1v) is 14.8. The molecule has 1 aromatic rings. The summed E-state index contributed by atoms with van der Waals surface area (Å²) in [6, 6.07) is 6.29. The highest BCUT2D eigenvalue weighted by Gasteiger charge is 2.53. The van der Waals surface area contributed by atoms with Gasteiger partial charge in [0, 0.05) is 12.5 Å². The number of carbonyl (C=O) groups excluding carboxylic acids is 2. The monoisotopic (exact) mass is 547 g/mol. The number of phenolic OH excluding ortho intramolecular Hbond substituents is 1. The van der Waals surface area contributed by atoms with Gasteiger partial charge in [-0.05, 0) is 80.4 Å². The predicted molar refractivity (Wildman–Crippen MR) is 149 cm³/mol. The Bertz CT molecular complexity index is 966. The minimum Gasteiger partial charge on any atom is -0.508 e. The summed E-state index contributed by atoms with van der Waals surface area (Å²) in [5.74, 6) is -3.22. The van der Waals surface area contributed by atoms with Crippen LogP contribution in [0.4, 0.5) is 0 Å². The van der Waals surface area contributed by atoms with Crippen molar-refractivity contribution in [2.45, 2.75) is 117 Å². The van der Waals surface area contributed by atoms with Crippen LogP contribution < -0.4 is 0 Å². The molecule has 2 aliphatic heterocycles. The topological polar surface area (TPSA) is 117 Å². The van der Waals surface area contributed by atoms with Gasteiger partial charge in [0.15, 0.2) is 6.10 Å². The zero-order chi connectivity index (χ0) is 28.9. The lowest BCUT2D eigenvalue weighted by molar-refractivity contribution is -0.320. The van der Waals surface area contributed by atoms with Crippen molar-refractivity contribution in [1.82, 2.24) is 4.90 Å². The molecule has 7 unspecified atom stereocenters. The van der Waals surface area contributed by atoms with E-state index in [1.54, 1.807) is 25.1 Å². The van der Waals surface area contributed by atoms with Gasteiger partial charge in [-0.15, -0.1) is 0 Å². The molecule has 0 saturated carbocycles. The van der Waals surface area contributed by atoms with E-state index in [9.17, 15) is 24.9 Å². The Hall–Kier alpha value is -2.16. The summed E-state index contributed by atoms with van der Waals surface area (Å²) in [6.45, 7) is 12.1. The van der Waals surface area contributed by atoms with Crippen molar-refractivity contribution in [1.29, 1.82) is 0 Å². The van der Waals surface area contributed by atoms with Crippen LogP contribution in [0.3, 0.4) is 0 Å². The third-order valence-electron chi connectivity index (χ3n) is 8.66. The van der Waals surface area contributed by atoms with Crippen molar-refractivity contribution in [2.75, 3.05) is 6.54 Å². The average Bonchev–Trinajstić information content (AvgIpc) is 2.90. The summed E-state index contributed by atoms with van der Waals surface area (Å²) in [6.07, 6.45) is 2.26. The molecule has 1 amide bonds. The maximum Gasteiger partial charge on any atom is 0.329 e. The van der Waals surface area contributed by atoms with Crippen molar-refractivity contribution < 1.29 is 34.4 Å². The Kier molecular flexibility index (Phi) is 10.8. The number of phenols is 1. The van der Waals surface area contributed by atoms with Crippen LogP contribution in [0.5, 0.6) is 5.75 Å². The Labute approximate surface area is 233 Å². The highest BCUT2D eigenvalue weighted by atomic mass is 16.6. The van der Waals surface area contributed by atoms with Gasteiger partial charge in [-0.1, -0.05) is 53.7 Å². The molecule has 0 radical (unpaired) electrons. The van der Waals surface area contributed by atoms with E-state index in [2.05, 4.69) is 6.92 Å². The lowest BCUT2D eigenvalue weighted by atomic mass is 9.83. The Balaban J connectivity index is 1.77. The van der Waals surface area contributed by atoms with E-state index in [4.69, 9.17) is 9.47 Å². The molecular formula is C31H49NO7. The van der Waals surface area contributed by atoms with Crippen LogP contribution in [0.2, 0.25) is 0 Å². The molecule has 3 rings (SSSR count). The zero-order valence-electron chi connectivity index (χ0n) is 24.5. The van der Waals surface area contributed by atoms with E-state index < -0.39 is 35.7 Å². The fourth-order valence-corrected chi connectivity index (χ4v) is 6.08. The number of nitrogens with zero attached hydrogens (tertiary/aromatic N) is 1. The fraction of sp³-hybridized carbons (Fsp3) is 0.742. The predicted octanol–water partition coefficient (Wildman–Crippen LogP) is 4.43. The number of rotatable bonds is 10. The molecular weight excluding hydrogens is 498 g/mol. The molecule has 2 heterocycles. The van der Waals surface area contributed by atoms with E-state index in [-0.39, 0.29) is 35.7 Å². The first-order valence-electron chi connectivity index (χ1n) is 14.8. The van der Waals surface area contributed by atoms with Crippen LogP contribution in [-0.4, -0.2) is 68.8 Å². The van der Waals surface area contributed by atoms with Gasteiger partial charge < -0.3 is 29.7 Å². The van der Waals surface area contributed by atoms with Gasteiger partial charge in [-0.3, -0.25) is 4.79 Å². The third kappa shape index (κ3) is 7.33. The second-order valence-electron chi connectivity index (χ2n) is 12.3. The molecule has 7 atom stereocenters. The standard InChI is InChI=1S/C31H49NO7/c1-7-23(17-22-11-10-12-24(33)18-22)27(20(4)5)38-30(36)25-13-8-9-16-32(25)29(35)28(34)31(37)21(6)14-15-26(39-31)19(2)3/h10-12,18-21,23,25-28,33-34,37H,7-9,13-17H2,1-6H3. The van der Waals surface area contributed by atoms with E-state index in [0.29, 0.717) is 32.2 Å². The van der Waals surface area contributed by atoms with Crippen LogP contribution in [-0.2, 0) is 25.5 Å². The number of piperidine rings is 1. The number of hydrogen-bond acceptors (Lipinski definition) is 7. The van der Waals surface area contributed by atoms with Gasteiger partial charge >= 0.3 is 5.97 Å². The number of amides is 1. The number of ether oxygens (including phenoxy) is 2. The van der Waals surface area contributed by atoms with E-state index >= 15 is 0 Å².